The van der Waals surface area contributed by atoms with E-state index in [1.54, 1.807) is 13.3 Å². The van der Waals surface area contributed by atoms with E-state index in [0.717, 1.165) is 35.2 Å². The molecule has 1 heterocycles. The van der Waals surface area contributed by atoms with E-state index in [9.17, 15) is 5.11 Å². The van der Waals surface area contributed by atoms with Crippen LogP contribution in [0.1, 0.15) is 26.7 Å². The monoisotopic (exact) mass is 274 g/mol. The van der Waals surface area contributed by atoms with Crippen LogP contribution in [0, 0.1) is 0 Å². The van der Waals surface area contributed by atoms with Crippen molar-refractivity contribution < 1.29 is 9.84 Å². The van der Waals surface area contributed by atoms with Crippen molar-refractivity contribution >= 4 is 16.6 Å². The molecule has 0 amide bonds. The largest absolute Gasteiger partial charge is 0.497 e. The molecule has 2 aromatic rings. The number of fused-ring (bicyclic) bond motifs is 1. The van der Waals surface area contributed by atoms with E-state index in [4.69, 9.17) is 4.74 Å². The fourth-order valence-electron chi connectivity index (χ4n) is 2.17. The van der Waals surface area contributed by atoms with E-state index in [1.165, 1.54) is 0 Å². The van der Waals surface area contributed by atoms with Gasteiger partial charge in [0.15, 0.2) is 0 Å². The van der Waals surface area contributed by atoms with Gasteiger partial charge in [-0.15, -0.1) is 0 Å². The molecule has 0 fully saturated rings. The van der Waals surface area contributed by atoms with Crippen LogP contribution in [-0.4, -0.2) is 29.3 Å². The van der Waals surface area contributed by atoms with Crippen molar-refractivity contribution in [2.24, 2.45) is 0 Å². The van der Waals surface area contributed by atoms with E-state index >= 15 is 0 Å². The maximum absolute atomic E-state index is 10.3. The Kier molecular flexibility index (Phi) is 4.45. The van der Waals surface area contributed by atoms with Gasteiger partial charge in [-0.05, 0) is 42.5 Å². The third-order valence-corrected chi connectivity index (χ3v) is 3.87. The molecule has 4 heteroatoms. The van der Waals surface area contributed by atoms with Crippen LogP contribution in [-0.2, 0) is 0 Å². The summed E-state index contributed by atoms with van der Waals surface area (Å²) >= 11 is 0. The molecule has 0 spiro atoms. The van der Waals surface area contributed by atoms with E-state index in [-0.39, 0.29) is 0 Å². The molecule has 0 unspecified atom stereocenters. The highest BCUT2D eigenvalue weighted by atomic mass is 16.5. The van der Waals surface area contributed by atoms with Gasteiger partial charge >= 0.3 is 0 Å². The quantitative estimate of drug-likeness (QED) is 0.849. The average molecular weight is 274 g/mol. The van der Waals surface area contributed by atoms with Crippen LogP contribution < -0.4 is 10.1 Å². The molecule has 0 bridgehead atoms. The number of aromatic nitrogens is 1. The number of nitrogens with zero attached hydrogens (tertiary/aromatic N) is 1. The first kappa shape index (κ1) is 14.6. The van der Waals surface area contributed by atoms with E-state index in [0.29, 0.717) is 6.54 Å². The maximum atomic E-state index is 10.3. The second-order valence-corrected chi connectivity index (χ2v) is 5.03. The number of ether oxygens (including phenoxy) is 1. The molecule has 4 nitrogen and oxygen atoms in total. The normalized spacial score (nSPS) is 11.6. The minimum absolute atomic E-state index is 0.498. The second kappa shape index (κ2) is 6.09. The van der Waals surface area contributed by atoms with Gasteiger partial charge in [0.1, 0.15) is 11.6 Å². The number of anilines is 1. The van der Waals surface area contributed by atoms with E-state index in [2.05, 4.69) is 10.3 Å². The molecule has 1 aromatic carbocycles. The number of benzene rings is 1. The van der Waals surface area contributed by atoms with Crippen LogP contribution in [0.25, 0.3) is 10.8 Å². The standard InChI is InChI=1S/C16H22N2O2/c1-4-16(19,5-2)11-18-15-14-7-6-13(20-3)10-12(14)8-9-17-15/h6-10,19H,4-5,11H2,1-3H3,(H,17,18). The Labute approximate surface area is 119 Å². The molecule has 108 valence electrons. The van der Waals surface area contributed by atoms with Crippen molar-refractivity contribution in [1.29, 1.82) is 0 Å². The number of pyridine rings is 1. The number of hydrogen-bond acceptors (Lipinski definition) is 4. The van der Waals surface area contributed by atoms with Gasteiger partial charge in [-0.1, -0.05) is 13.8 Å². The minimum atomic E-state index is -0.684. The Morgan fingerprint density at radius 1 is 1.25 bits per heavy atom. The third-order valence-electron chi connectivity index (χ3n) is 3.87. The molecule has 0 radical (unpaired) electrons. The lowest BCUT2D eigenvalue weighted by Crippen LogP contribution is -2.35. The molecular weight excluding hydrogens is 252 g/mol. The minimum Gasteiger partial charge on any atom is -0.497 e. The van der Waals surface area contributed by atoms with Gasteiger partial charge in [0.2, 0.25) is 0 Å². The number of aliphatic hydroxyl groups is 1. The van der Waals surface area contributed by atoms with Crippen LogP contribution in [0.15, 0.2) is 30.5 Å². The zero-order valence-electron chi connectivity index (χ0n) is 12.3. The van der Waals surface area contributed by atoms with Crippen molar-refractivity contribution in [3.05, 3.63) is 30.5 Å². The average Bonchev–Trinajstić information content (AvgIpc) is 2.51. The summed E-state index contributed by atoms with van der Waals surface area (Å²) in [4.78, 5) is 4.37. The van der Waals surface area contributed by atoms with Gasteiger partial charge in [0, 0.05) is 18.1 Å². The van der Waals surface area contributed by atoms with Crippen molar-refractivity contribution in [2.45, 2.75) is 32.3 Å². The van der Waals surface area contributed by atoms with Gasteiger partial charge in [-0.25, -0.2) is 4.98 Å². The molecule has 0 saturated carbocycles. The lowest BCUT2D eigenvalue weighted by molar-refractivity contribution is 0.0456. The topological polar surface area (TPSA) is 54.4 Å². The van der Waals surface area contributed by atoms with Crippen LogP contribution in [0.2, 0.25) is 0 Å². The number of hydrogen-bond donors (Lipinski definition) is 2. The molecular formula is C16H22N2O2. The zero-order chi connectivity index (χ0) is 14.6. The van der Waals surface area contributed by atoms with Crippen molar-refractivity contribution in [2.75, 3.05) is 19.0 Å². The summed E-state index contributed by atoms with van der Waals surface area (Å²) < 4.78 is 5.23. The zero-order valence-corrected chi connectivity index (χ0v) is 12.3. The van der Waals surface area contributed by atoms with Crippen molar-refractivity contribution in [3.63, 3.8) is 0 Å². The number of methoxy groups -OCH3 is 1. The fourth-order valence-corrected chi connectivity index (χ4v) is 2.17. The third kappa shape index (κ3) is 3.02. The Bertz CT molecular complexity index is 580. The molecule has 0 atom stereocenters. The first-order valence-electron chi connectivity index (χ1n) is 7.01. The van der Waals surface area contributed by atoms with Crippen LogP contribution in [0.4, 0.5) is 5.82 Å². The van der Waals surface area contributed by atoms with Crippen LogP contribution >= 0.6 is 0 Å². The van der Waals surface area contributed by atoms with Gasteiger partial charge in [0.25, 0.3) is 0 Å². The van der Waals surface area contributed by atoms with Crippen molar-refractivity contribution in [1.82, 2.24) is 4.98 Å². The van der Waals surface area contributed by atoms with Gasteiger partial charge in [-0.3, -0.25) is 0 Å². The summed E-state index contributed by atoms with van der Waals surface area (Å²) in [6.07, 6.45) is 3.20. The van der Waals surface area contributed by atoms with E-state index < -0.39 is 5.60 Å². The fraction of sp³-hybridized carbons (Fsp3) is 0.438. The Hall–Kier alpha value is -1.81. The summed E-state index contributed by atoms with van der Waals surface area (Å²) in [5.74, 6) is 1.62. The summed E-state index contributed by atoms with van der Waals surface area (Å²) in [6.45, 7) is 4.48. The summed E-state index contributed by atoms with van der Waals surface area (Å²) in [6, 6.07) is 7.84. The SMILES string of the molecule is CCC(O)(CC)CNc1nccc2cc(OC)ccc12. The lowest BCUT2D eigenvalue weighted by Gasteiger charge is -2.26. The summed E-state index contributed by atoms with van der Waals surface area (Å²) in [5.41, 5.74) is -0.684. The maximum Gasteiger partial charge on any atom is 0.133 e. The first-order valence-corrected chi connectivity index (χ1v) is 7.01. The number of rotatable bonds is 6. The lowest BCUT2D eigenvalue weighted by atomic mass is 9.97. The molecule has 0 saturated heterocycles. The highest BCUT2D eigenvalue weighted by molar-refractivity contribution is 5.92. The number of nitrogens with one attached hydrogen (secondary N) is 1. The van der Waals surface area contributed by atoms with E-state index in [1.807, 2.05) is 38.1 Å². The molecule has 2 N–H and O–H groups in total. The first-order chi connectivity index (χ1) is 9.61. The van der Waals surface area contributed by atoms with Gasteiger partial charge in [-0.2, -0.15) is 0 Å². The van der Waals surface area contributed by atoms with Crippen LogP contribution in [0.3, 0.4) is 0 Å². The predicted molar refractivity (Wildman–Crippen MR) is 82.3 cm³/mol. The summed E-state index contributed by atoms with van der Waals surface area (Å²) in [7, 11) is 1.66. The smallest absolute Gasteiger partial charge is 0.133 e. The highest BCUT2D eigenvalue weighted by Crippen LogP contribution is 2.26. The molecule has 1 aromatic heterocycles. The predicted octanol–water partition coefficient (Wildman–Crippen LogP) is 3.21. The van der Waals surface area contributed by atoms with Crippen molar-refractivity contribution in [3.8, 4) is 5.75 Å². The molecule has 0 aliphatic rings. The molecule has 0 aliphatic heterocycles. The Balaban J connectivity index is 2.26. The van der Waals surface area contributed by atoms with Crippen LogP contribution in [0.5, 0.6) is 5.75 Å². The Morgan fingerprint density at radius 3 is 2.65 bits per heavy atom. The molecule has 0 aliphatic carbocycles. The Morgan fingerprint density at radius 2 is 2.00 bits per heavy atom. The second-order valence-electron chi connectivity index (χ2n) is 5.03. The summed E-state index contributed by atoms with van der Waals surface area (Å²) in [5, 5.41) is 15.7. The molecule has 20 heavy (non-hydrogen) atoms. The molecule has 2 rings (SSSR count). The van der Waals surface area contributed by atoms with Gasteiger partial charge in [0.05, 0.1) is 12.7 Å². The van der Waals surface area contributed by atoms with Gasteiger partial charge < -0.3 is 15.2 Å². The highest BCUT2D eigenvalue weighted by Gasteiger charge is 2.22.